The summed E-state index contributed by atoms with van der Waals surface area (Å²) in [5.74, 6) is 0. The van der Waals surface area contributed by atoms with Crippen LogP contribution in [0, 0.1) is 0 Å². The molecular formula is C20H23F3N2. The number of nitrogens with zero attached hydrogens (tertiary/aromatic N) is 2. The molecule has 0 aromatic heterocycles. The zero-order valence-electron chi connectivity index (χ0n) is 14.6. The molecule has 0 saturated heterocycles. The van der Waals surface area contributed by atoms with Crippen molar-refractivity contribution in [3.8, 4) is 0 Å². The molecule has 1 aliphatic heterocycles. The molecule has 0 fully saturated rings. The maximum atomic E-state index is 13.2. The summed E-state index contributed by atoms with van der Waals surface area (Å²) in [6.45, 7) is 1.59. The van der Waals surface area contributed by atoms with E-state index in [4.69, 9.17) is 0 Å². The first-order chi connectivity index (χ1) is 11.9. The van der Waals surface area contributed by atoms with Gasteiger partial charge in [0.25, 0.3) is 0 Å². The summed E-state index contributed by atoms with van der Waals surface area (Å²) in [5.41, 5.74) is 3.31. The van der Waals surface area contributed by atoms with E-state index in [9.17, 15) is 13.2 Å². The molecule has 2 aromatic rings. The topological polar surface area (TPSA) is 6.48 Å². The van der Waals surface area contributed by atoms with Crippen LogP contribution in [0.4, 0.5) is 24.5 Å². The monoisotopic (exact) mass is 348 g/mol. The summed E-state index contributed by atoms with van der Waals surface area (Å²) >= 11 is 0. The van der Waals surface area contributed by atoms with Crippen molar-refractivity contribution in [3.63, 3.8) is 0 Å². The predicted octanol–water partition coefficient (Wildman–Crippen LogP) is 4.89. The Morgan fingerprint density at radius 1 is 0.960 bits per heavy atom. The average Bonchev–Trinajstić information content (AvgIpc) is 2.71. The summed E-state index contributed by atoms with van der Waals surface area (Å²) < 4.78 is 39.6. The number of fused-ring (bicyclic) bond motifs is 2. The van der Waals surface area contributed by atoms with Crippen molar-refractivity contribution in [2.75, 3.05) is 32.1 Å². The summed E-state index contributed by atoms with van der Waals surface area (Å²) in [5, 5.41) is 0. The van der Waals surface area contributed by atoms with Crippen LogP contribution < -0.4 is 4.90 Å². The van der Waals surface area contributed by atoms with Crippen molar-refractivity contribution in [3.05, 3.63) is 59.2 Å². The van der Waals surface area contributed by atoms with Crippen molar-refractivity contribution in [2.24, 2.45) is 0 Å². The Hall–Kier alpha value is -2.01. The normalized spacial score (nSPS) is 14.2. The zero-order valence-corrected chi connectivity index (χ0v) is 14.6. The summed E-state index contributed by atoms with van der Waals surface area (Å²) in [7, 11) is 4.01. The van der Waals surface area contributed by atoms with Crippen molar-refractivity contribution < 1.29 is 13.2 Å². The van der Waals surface area contributed by atoms with E-state index in [1.807, 2.05) is 32.3 Å². The maximum Gasteiger partial charge on any atom is 0.416 e. The number of rotatable bonds is 4. The number of hydrogen-bond acceptors (Lipinski definition) is 2. The van der Waals surface area contributed by atoms with E-state index in [0.717, 1.165) is 37.1 Å². The van der Waals surface area contributed by atoms with Crippen LogP contribution >= 0.6 is 0 Å². The van der Waals surface area contributed by atoms with Gasteiger partial charge < -0.3 is 9.80 Å². The van der Waals surface area contributed by atoms with Crippen LogP contribution in [-0.4, -0.2) is 32.1 Å². The largest absolute Gasteiger partial charge is 0.416 e. The zero-order chi connectivity index (χ0) is 18.0. The van der Waals surface area contributed by atoms with Crippen LogP contribution in [0.2, 0.25) is 0 Å². The minimum Gasteiger partial charge on any atom is -0.341 e. The van der Waals surface area contributed by atoms with Crippen LogP contribution in [0.1, 0.15) is 23.1 Å². The van der Waals surface area contributed by atoms with E-state index in [1.165, 1.54) is 17.7 Å². The van der Waals surface area contributed by atoms with Crippen LogP contribution in [0.5, 0.6) is 0 Å². The van der Waals surface area contributed by atoms with Gasteiger partial charge in [-0.1, -0.05) is 24.3 Å². The highest BCUT2D eigenvalue weighted by molar-refractivity contribution is 5.71. The highest BCUT2D eigenvalue weighted by Gasteiger charge is 2.32. The molecule has 0 amide bonds. The molecule has 0 atom stereocenters. The molecule has 3 rings (SSSR count). The highest BCUT2D eigenvalue weighted by Crippen LogP contribution is 2.39. The quantitative estimate of drug-likeness (QED) is 0.776. The van der Waals surface area contributed by atoms with Gasteiger partial charge in [-0.25, -0.2) is 0 Å². The van der Waals surface area contributed by atoms with Gasteiger partial charge in [0, 0.05) is 17.9 Å². The molecule has 0 unspecified atom stereocenters. The van der Waals surface area contributed by atoms with Crippen LogP contribution in [-0.2, 0) is 19.0 Å². The Bertz CT molecular complexity index is 738. The third kappa shape index (κ3) is 3.98. The van der Waals surface area contributed by atoms with Crippen molar-refractivity contribution in [2.45, 2.75) is 25.4 Å². The van der Waals surface area contributed by atoms with Gasteiger partial charge in [-0.3, -0.25) is 0 Å². The second kappa shape index (κ2) is 7.08. The lowest BCUT2D eigenvalue weighted by Crippen LogP contribution is -2.24. The number of hydrogen-bond donors (Lipinski definition) is 0. The molecule has 2 nitrogen and oxygen atoms in total. The van der Waals surface area contributed by atoms with Gasteiger partial charge in [0.1, 0.15) is 0 Å². The Kier molecular flexibility index (Phi) is 5.04. The minimum atomic E-state index is -4.32. The molecule has 0 spiro atoms. The molecule has 0 saturated carbocycles. The second-order valence-corrected chi connectivity index (χ2v) is 6.78. The third-order valence-electron chi connectivity index (χ3n) is 4.64. The van der Waals surface area contributed by atoms with E-state index >= 15 is 0 Å². The van der Waals surface area contributed by atoms with Gasteiger partial charge in [0.15, 0.2) is 0 Å². The fraction of sp³-hybridized carbons (Fsp3) is 0.400. The number of alkyl halides is 3. The summed E-state index contributed by atoms with van der Waals surface area (Å²) in [4.78, 5) is 4.16. The molecule has 0 N–H and O–H groups in total. The molecule has 25 heavy (non-hydrogen) atoms. The Morgan fingerprint density at radius 2 is 1.64 bits per heavy atom. The third-order valence-corrected chi connectivity index (χ3v) is 4.64. The number of anilines is 2. The van der Waals surface area contributed by atoms with Gasteiger partial charge in [0.2, 0.25) is 0 Å². The molecule has 0 aliphatic carbocycles. The van der Waals surface area contributed by atoms with E-state index in [-0.39, 0.29) is 0 Å². The molecule has 134 valence electrons. The van der Waals surface area contributed by atoms with Crippen LogP contribution in [0.15, 0.2) is 42.5 Å². The summed E-state index contributed by atoms with van der Waals surface area (Å²) in [6.07, 6.45) is -1.83. The lowest BCUT2D eigenvalue weighted by atomic mass is 10.0. The smallest absolute Gasteiger partial charge is 0.341 e. The lowest BCUT2D eigenvalue weighted by molar-refractivity contribution is -0.137. The number of benzene rings is 2. The highest BCUT2D eigenvalue weighted by atomic mass is 19.4. The molecule has 0 radical (unpaired) electrons. The summed E-state index contributed by atoms with van der Waals surface area (Å²) in [6, 6.07) is 12.2. The van der Waals surface area contributed by atoms with Crippen molar-refractivity contribution in [1.29, 1.82) is 0 Å². The fourth-order valence-electron chi connectivity index (χ4n) is 3.37. The average molecular weight is 348 g/mol. The van der Waals surface area contributed by atoms with E-state index < -0.39 is 11.7 Å². The SMILES string of the molecule is CN(C)CCCN1c2ccccc2CCc2ccc(C(F)(F)F)cc21. The second-order valence-electron chi connectivity index (χ2n) is 6.78. The first kappa shape index (κ1) is 17.8. The lowest BCUT2D eigenvalue weighted by Gasteiger charge is -2.28. The van der Waals surface area contributed by atoms with Gasteiger partial charge in [0.05, 0.1) is 5.56 Å². The Morgan fingerprint density at radius 3 is 2.32 bits per heavy atom. The number of para-hydroxylation sites is 1. The van der Waals surface area contributed by atoms with Crippen LogP contribution in [0.25, 0.3) is 0 Å². The molecule has 1 heterocycles. The minimum absolute atomic E-state index is 0.580. The van der Waals surface area contributed by atoms with Crippen molar-refractivity contribution in [1.82, 2.24) is 4.90 Å². The Balaban J connectivity index is 2.03. The number of halogens is 3. The standard InChI is InChI=1S/C20H23F3N2/c1-24(2)12-5-13-25-18-7-4-3-6-15(18)8-9-16-10-11-17(14-19(16)25)20(21,22)23/h3-4,6-7,10-11,14H,5,8-9,12-13H2,1-2H3. The van der Waals surface area contributed by atoms with Gasteiger partial charge in [-0.05, 0) is 69.2 Å². The van der Waals surface area contributed by atoms with E-state index in [0.29, 0.717) is 12.2 Å². The fourth-order valence-corrected chi connectivity index (χ4v) is 3.37. The first-order valence-electron chi connectivity index (χ1n) is 8.56. The number of aryl methyl sites for hydroxylation is 2. The molecule has 2 aromatic carbocycles. The van der Waals surface area contributed by atoms with E-state index in [2.05, 4.69) is 15.9 Å². The van der Waals surface area contributed by atoms with Gasteiger partial charge in [-0.15, -0.1) is 0 Å². The first-order valence-corrected chi connectivity index (χ1v) is 8.56. The van der Waals surface area contributed by atoms with Crippen molar-refractivity contribution >= 4 is 11.4 Å². The van der Waals surface area contributed by atoms with Crippen LogP contribution in [0.3, 0.4) is 0 Å². The van der Waals surface area contributed by atoms with Gasteiger partial charge in [-0.2, -0.15) is 13.2 Å². The van der Waals surface area contributed by atoms with E-state index in [1.54, 1.807) is 6.07 Å². The molecule has 5 heteroatoms. The maximum absolute atomic E-state index is 13.2. The molecule has 1 aliphatic rings. The Labute approximate surface area is 146 Å². The predicted molar refractivity (Wildman–Crippen MR) is 95.5 cm³/mol. The van der Waals surface area contributed by atoms with Gasteiger partial charge >= 0.3 is 6.18 Å². The molecule has 0 bridgehead atoms. The molecular weight excluding hydrogens is 325 g/mol.